The summed E-state index contributed by atoms with van der Waals surface area (Å²) in [6, 6.07) is 82.8. The van der Waals surface area contributed by atoms with E-state index in [1.54, 1.807) is 0 Å². The molecule has 10 aromatic carbocycles. The van der Waals surface area contributed by atoms with Crippen LogP contribution in [0, 0.1) is 0 Å². The number of hydrogen-bond donors (Lipinski definition) is 0. The predicted octanol–water partition coefficient (Wildman–Crippen LogP) is 16.3. The second-order valence-corrected chi connectivity index (χ2v) is 15.7. The predicted molar refractivity (Wildman–Crippen MR) is 257 cm³/mol. The van der Waals surface area contributed by atoms with Crippen molar-refractivity contribution in [1.82, 2.24) is 4.57 Å². The van der Waals surface area contributed by atoms with E-state index in [0.717, 1.165) is 50.3 Å². The Kier molecular flexibility index (Phi) is 8.17. The summed E-state index contributed by atoms with van der Waals surface area (Å²) in [4.78, 5) is 2.36. The zero-order valence-electron chi connectivity index (χ0n) is 33.2. The monoisotopic (exact) mass is 778 g/mol. The summed E-state index contributed by atoms with van der Waals surface area (Å²) in [5.74, 6) is 0. The normalized spacial score (nSPS) is 11.6. The molecular formula is C58H38N2O. The minimum atomic E-state index is 0.864. The molecule has 61 heavy (non-hydrogen) atoms. The summed E-state index contributed by atoms with van der Waals surface area (Å²) in [6.07, 6.45) is 0. The Morgan fingerprint density at radius 3 is 1.69 bits per heavy atom. The van der Waals surface area contributed by atoms with Crippen molar-refractivity contribution in [3.8, 4) is 39.1 Å². The molecule has 12 rings (SSSR count). The molecule has 3 heteroatoms. The van der Waals surface area contributed by atoms with Crippen LogP contribution in [0.1, 0.15) is 0 Å². The standard InChI is InChI=1S/C58H38N2O/c1-3-14-40(15-4-1)47-19-9-10-20-48(47)42-28-34-46(35-29-42)59(53-23-13-25-56-57(53)52-22-11-12-24-55(52)61-56)45-32-26-39(27-33-45)43-31-36-50-51-37-30-41-16-7-8-21-49(41)58(51)60(54(50)38-43)44-17-5-2-6-18-44/h1-38H. The third-order valence-corrected chi connectivity index (χ3v) is 12.2. The average Bonchev–Trinajstić information content (AvgIpc) is 3.89. The Morgan fingerprint density at radius 2 is 0.934 bits per heavy atom. The summed E-state index contributed by atoms with van der Waals surface area (Å²) in [6.45, 7) is 0. The quantitative estimate of drug-likeness (QED) is 0.161. The molecule has 3 nitrogen and oxygen atoms in total. The van der Waals surface area contributed by atoms with Crippen LogP contribution in [-0.4, -0.2) is 4.57 Å². The highest BCUT2D eigenvalue weighted by Crippen LogP contribution is 2.45. The van der Waals surface area contributed by atoms with Crippen molar-refractivity contribution in [3.05, 3.63) is 231 Å². The van der Waals surface area contributed by atoms with Crippen LogP contribution in [0.5, 0.6) is 0 Å². The summed E-state index contributed by atoms with van der Waals surface area (Å²) >= 11 is 0. The van der Waals surface area contributed by atoms with E-state index in [2.05, 4.69) is 228 Å². The van der Waals surface area contributed by atoms with Crippen LogP contribution in [0.25, 0.3) is 93.6 Å². The largest absolute Gasteiger partial charge is 0.456 e. The lowest BCUT2D eigenvalue weighted by Crippen LogP contribution is -2.10. The molecule has 0 spiro atoms. The van der Waals surface area contributed by atoms with Gasteiger partial charge in [-0.2, -0.15) is 0 Å². The van der Waals surface area contributed by atoms with Crippen molar-refractivity contribution in [1.29, 1.82) is 0 Å². The first-order chi connectivity index (χ1) is 30.3. The minimum Gasteiger partial charge on any atom is -0.456 e. The van der Waals surface area contributed by atoms with Gasteiger partial charge >= 0.3 is 0 Å². The molecule has 0 saturated carbocycles. The molecule has 0 saturated heterocycles. The highest BCUT2D eigenvalue weighted by Gasteiger charge is 2.21. The highest BCUT2D eigenvalue weighted by molar-refractivity contribution is 6.19. The Bertz CT molecular complexity index is 3560. The number of aromatic nitrogens is 1. The number of furan rings is 1. The van der Waals surface area contributed by atoms with Gasteiger partial charge < -0.3 is 13.9 Å². The number of para-hydroxylation sites is 2. The lowest BCUT2D eigenvalue weighted by molar-refractivity contribution is 0.669. The molecule has 0 aliphatic rings. The van der Waals surface area contributed by atoms with Gasteiger partial charge in [-0.15, -0.1) is 0 Å². The van der Waals surface area contributed by atoms with E-state index in [1.165, 1.54) is 60.4 Å². The number of hydrogen-bond acceptors (Lipinski definition) is 2. The molecule has 0 radical (unpaired) electrons. The molecule has 0 unspecified atom stereocenters. The fourth-order valence-electron chi connectivity index (χ4n) is 9.37. The van der Waals surface area contributed by atoms with Crippen LogP contribution < -0.4 is 4.90 Å². The third kappa shape index (κ3) is 5.82. The Labute approximate surface area is 353 Å². The molecule has 0 bridgehead atoms. The van der Waals surface area contributed by atoms with E-state index < -0.39 is 0 Å². The number of anilines is 3. The first kappa shape index (κ1) is 34.9. The molecular weight excluding hydrogens is 741 g/mol. The lowest BCUT2D eigenvalue weighted by Gasteiger charge is -2.27. The maximum Gasteiger partial charge on any atom is 0.137 e. The van der Waals surface area contributed by atoms with E-state index in [9.17, 15) is 0 Å². The Hall–Kier alpha value is -8.14. The lowest BCUT2D eigenvalue weighted by atomic mass is 9.94. The van der Waals surface area contributed by atoms with Gasteiger partial charge in [0.05, 0.1) is 22.1 Å². The van der Waals surface area contributed by atoms with Gasteiger partial charge in [-0.3, -0.25) is 0 Å². The van der Waals surface area contributed by atoms with Gasteiger partial charge in [-0.1, -0.05) is 170 Å². The van der Waals surface area contributed by atoms with E-state index >= 15 is 0 Å². The summed E-state index contributed by atoms with van der Waals surface area (Å²) < 4.78 is 8.85. The van der Waals surface area contributed by atoms with Gasteiger partial charge in [-0.05, 0) is 99.4 Å². The Balaban J connectivity index is 0.996. The van der Waals surface area contributed by atoms with Crippen LogP contribution in [0.3, 0.4) is 0 Å². The van der Waals surface area contributed by atoms with Gasteiger partial charge in [0.15, 0.2) is 0 Å². The van der Waals surface area contributed by atoms with Gasteiger partial charge in [0.2, 0.25) is 0 Å². The highest BCUT2D eigenvalue weighted by atomic mass is 16.3. The molecule has 0 aliphatic heterocycles. The van der Waals surface area contributed by atoms with Crippen LogP contribution in [-0.2, 0) is 0 Å². The maximum absolute atomic E-state index is 6.42. The minimum absolute atomic E-state index is 0.864. The smallest absolute Gasteiger partial charge is 0.137 e. The number of benzene rings is 10. The molecule has 0 aliphatic carbocycles. The maximum atomic E-state index is 6.42. The number of nitrogens with zero attached hydrogens (tertiary/aromatic N) is 2. The fraction of sp³-hybridized carbons (Fsp3) is 0. The van der Waals surface area contributed by atoms with Crippen LogP contribution in [0.15, 0.2) is 235 Å². The molecule has 286 valence electrons. The number of rotatable bonds is 7. The second-order valence-electron chi connectivity index (χ2n) is 15.7. The average molecular weight is 779 g/mol. The van der Waals surface area contributed by atoms with Crippen molar-refractivity contribution < 1.29 is 4.42 Å². The summed E-state index contributed by atoms with van der Waals surface area (Å²) in [5.41, 5.74) is 15.6. The van der Waals surface area contributed by atoms with E-state index in [1.807, 2.05) is 12.1 Å². The SMILES string of the molecule is c1ccc(-c2ccccc2-c2ccc(N(c3ccc(-c4ccc5c6ccc7ccccc7c6n(-c6ccccc6)c5c4)cc3)c3cccc4oc5ccccc5c34)cc2)cc1. The second kappa shape index (κ2) is 14.3. The molecule has 2 heterocycles. The van der Waals surface area contributed by atoms with Crippen molar-refractivity contribution >= 4 is 71.6 Å². The van der Waals surface area contributed by atoms with Gasteiger partial charge in [0.1, 0.15) is 11.2 Å². The third-order valence-electron chi connectivity index (χ3n) is 12.2. The van der Waals surface area contributed by atoms with E-state index in [4.69, 9.17) is 4.42 Å². The van der Waals surface area contributed by atoms with Crippen LogP contribution in [0.2, 0.25) is 0 Å². The van der Waals surface area contributed by atoms with Crippen LogP contribution >= 0.6 is 0 Å². The van der Waals surface area contributed by atoms with Crippen molar-refractivity contribution in [3.63, 3.8) is 0 Å². The molecule has 0 N–H and O–H groups in total. The summed E-state index contributed by atoms with van der Waals surface area (Å²) in [5, 5.41) is 7.17. The van der Waals surface area contributed by atoms with Gasteiger partial charge in [-0.25, -0.2) is 0 Å². The molecule has 0 fully saturated rings. The molecule has 12 aromatic rings. The van der Waals surface area contributed by atoms with Crippen molar-refractivity contribution in [2.75, 3.05) is 4.90 Å². The van der Waals surface area contributed by atoms with Gasteiger partial charge in [0.25, 0.3) is 0 Å². The fourth-order valence-corrected chi connectivity index (χ4v) is 9.37. The van der Waals surface area contributed by atoms with E-state index in [0.29, 0.717) is 0 Å². The summed E-state index contributed by atoms with van der Waals surface area (Å²) in [7, 11) is 0. The van der Waals surface area contributed by atoms with Gasteiger partial charge in [0, 0.05) is 38.6 Å². The van der Waals surface area contributed by atoms with Crippen molar-refractivity contribution in [2.45, 2.75) is 0 Å². The van der Waals surface area contributed by atoms with Crippen molar-refractivity contribution in [2.24, 2.45) is 0 Å². The first-order valence-corrected chi connectivity index (χ1v) is 20.8. The topological polar surface area (TPSA) is 21.3 Å². The molecule has 0 amide bonds. The van der Waals surface area contributed by atoms with Crippen LogP contribution in [0.4, 0.5) is 17.1 Å². The zero-order valence-corrected chi connectivity index (χ0v) is 33.2. The first-order valence-electron chi connectivity index (χ1n) is 20.8. The zero-order chi connectivity index (χ0) is 40.3. The molecule has 0 atom stereocenters. The Morgan fingerprint density at radius 1 is 0.361 bits per heavy atom. The molecule has 2 aromatic heterocycles. The van der Waals surface area contributed by atoms with E-state index in [-0.39, 0.29) is 0 Å². The number of fused-ring (bicyclic) bond motifs is 8.